The van der Waals surface area contributed by atoms with Crippen molar-refractivity contribution >= 4 is 15.8 Å². The molecule has 1 aliphatic heterocycles. The number of carbonyl (C=O) groups is 1. The molecule has 7 heteroatoms. The molecule has 0 unspecified atom stereocenters. The maximum Gasteiger partial charge on any atom is 0.214 e. The smallest absolute Gasteiger partial charge is 0.214 e. The molecule has 1 aromatic carbocycles. The summed E-state index contributed by atoms with van der Waals surface area (Å²) in [5, 5.41) is 0. The summed E-state index contributed by atoms with van der Waals surface area (Å²) in [5.74, 6) is 0.109. The monoisotopic (exact) mass is 450 g/mol. The standard InChI is InChI=1S/C24H35FN2O3S/c1-19-6-5-7-21(25)23(19)22(28)10-13-24(11-3-2-4-12-24)26-14-16-27(17-15-26)31(29,30)18-20-8-9-20/h5-7,20H,2-4,8-18H2,1H3. The number of rotatable bonds is 8. The van der Waals surface area contributed by atoms with Gasteiger partial charge in [0.15, 0.2) is 5.78 Å². The predicted octanol–water partition coefficient (Wildman–Crippen LogP) is 4.16. The second-order valence-electron chi connectivity index (χ2n) is 9.75. The van der Waals surface area contributed by atoms with Crippen LogP contribution < -0.4 is 0 Å². The zero-order valence-corrected chi connectivity index (χ0v) is 19.4. The van der Waals surface area contributed by atoms with Gasteiger partial charge in [-0.1, -0.05) is 31.4 Å². The first-order valence-corrected chi connectivity index (χ1v) is 13.4. The molecule has 172 valence electrons. The highest BCUT2D eigenvalue weighted by Gasteiger charge is 2.41. The second kappa shape index (κ2) is 9.28. The number of piperazine rings is 1. The Morgan fingerprint density at radius 2 is 1.77 bits per heavy atom. The van der Waals surface area contributed by atoms with Gasteiger partial charge in [0.25, 0.3) is 0 Å². The van der Waals surface area contributed by atoms with E-state index in [2.05, 4.69) is 4.90 Å². The molecule has 1 heterocycles. The number of benzene rings is 1. The van der Waals surface area contributed by atoms with Crippen LogP contribution in [0.3, 0.4) is 0 Å². The highest BCUT2D eigenvalue weighted by Crippen LogP contribution is 2.39. The van der Waals surface area contributed by atoms with Gasteiger partial charge >= 0.3 is 0 Å². The summed E-state index contributed by atoms with van der Waals surface area (Å²) < 4.78 is 41.3. The van der Waals surface area contributed by atoms with E-state index in [9.17, 15) is 17.6 Å². The molecule has 2 aliphatic carbocycles. The van der Waals surface area contributed by atoms with Crippen LogP contribution in [0.1, 0.15) is 73.7 Å². The number of halogens is 1. The minimum absolute atomic E-state index is 0.0700. The lowest BCUT2D eigenvalue weighted by molar-refractivity contribution is 0.0165. The van der Waals surface area contributed by atoms with E-state index in [0.29, 0.717) is 43.2 Å². The van der Waals surface area contributed by atoms with Crippen LogP contribution >= 0.6 is 0 Å². The molecule has 4 rings (SSSR count). The van der Waals surface area contributed by atoms with Gasteiger partial charge in [-0.3, -0.25) is 9.69 Å². The van der Waals surface area contributed by atoms with Crippen LogP contribution in [0.25, 0.3) is 0 Å². The number of carbonyl (C=O) groups excluding carboxylic acids is 1. The molecule has 2 saturated carbocycles. The molecule has 0 N–H and O–H groups in total. The Morgan fingerprint density at radius 1 is 1.10 bits per heavy atom. The van der Waals surface area contributed by atoms with E-state index in [1.807, 2.05) is 0 Å². The fourth-order valence-corrected chi connectivity index (χ4v) is 7.38. The molecule has 31 heavy (non-hydrogen) atoms. The number of Topliss-reactive ketones (excluding diaryl/α,β-unsaturated/α-hetero) is 1. The Hall–Kier alpha value is -1.31. The van der Waals surface area contributed by atoms with Crippen LogP contribution in [0.15, 0.2) is 18.2 Å². The van der Waals surface area contributed by atoms with E-state index in [1.165, 1.54) is 12.5 Å². The normalized spacial score (nSPS) is 23.0. The third kappa shape index (κ3) is 5.20. The van der Waals surface area contributed by atoms with Crippen LogP contribution in [-0.4, -0.2) is 60.9 Å². The van der Waals surface area contributed by atoms with Crippen molar-refractivity contribution in [3.05, 3.63) is 35.1 Å². The van der Waals surface area contributed by atoms with E-state index < -0.39 is 15.8 Å². The van der Waals surface area contributed by atoms with Gasteiger partial charge in [-0.15, -0.1) is 0 Å². The Balaban J connectivity index is 1.42. The number of nitrogens with zero attached hydrogens (tertiary/aromatic N) is 2. The van der Waals surface area contributed by atoms with E-state index in [-0.39, 0.29) is 16.9 Å². The van der Waals surface area contributed by atoms with Crippen molar-refractivity contribution in [2.75, 3.05) is 31.9 Å². The SMILES string of the molecule is Cc1cccc(F)c1C(=O)CCC1(N2CCN(S(=O)(=O)CC3CC3)CC2)CCCCC1. The molecule has 0 aromatic heterocycles. The number of hydrogen-bond donors (Lipinski definition) is 0. The lowest BCUT2D eigenvalue weighted by Crippen LogP contribution is -2.59. The third-order valence-corrected chi connectivity index (χ3v) is 9.59. The second-order valence-corrected chi connectivity index (χ2v) is 11.8. The van der Waals surface area contributed by atoms with Crippen LogP contribution in [-0.2, 0) is 10.0 Å². The van der Waals surface area contributed by atoms with Crippen molar-refractivity contribution in [3.63, 3.8) is 0 Å². The quantitative estimate of drug-likeness (QED) is 0.558. The van der Waals surface area contributed by atoms with Crippen molar-refractivity contribution in [2.45, 2.75) is 70.3 Å². The van der Waals surface area contributed by atoms with Crippen molar-refractivity contribution in [3.8, 4) is 0 Å². The molecule has 3 fully saturated rings. The summed E-state index contributed by atoms with van der Waals surface area (Å²) in [6, 6.07) is 4.78. The average molecular weight is 451 g/mol. The molecule has 1 aromatic rings. The minimum atomic E-state index is -3.15. The highest BCUT2D eigenvalue weighted by atomic mass is 32.2. The molecule has 1 saturated heterocycles. The van der Waals surface area contributed by atoms with Gasteiger partial charge < -0.3 is 0 Å². The Kier molecular flexibility index (Phi) is 6.85. The Labute approximate surface area is 186 Å². The van der Waals surface area contributed by atoms with Gasteiger partial charge in [0.2, 0.25) is 10.0 Å². The maximum absolute atomic E-state index is 14.3. The topological polar surface area (TPSA) is 57.7 Å². The van der Waals surface area contributed by atoms with Crippen molar-refractivity contribution in [2.24, 2.45) is 5.92 Å². The minimum Gasteiger partial charge on any atom is -0.295 e. The van der Waals surface area contributed by atoms with E-state index in [4.69, 9.17) is 0 Å². The fourth-order valence-electron chi connectivity index (χ4n) is 5.52. The number of hydrogen-bond acceptors (Lipinski definition) is 4. The fraction of sp³-hybridized carbons (Fsp3) is 0.708. The zero-order valence-electron chi connectivity index (χ0n) is 18.6. The van der Waals surface area contributed by atoms with E-state index in [0.717, 1.165) is 51.6 Å². The summed E-state index contributed by atoms with van der Waals surface area (Å²) in [6.45, 7) is 4.30. The van der Waals surface area contributed by atoms with Gasteiger partial charge in [-0.05, 0) is 56.6 Å². The molecular formula is C24H35FN2O3S. The molecule has 0 amide bonds. The highest BCUT2D eigenvalue weighted by molar-refractivity contribution is 7.89. The van der Waals surface area contributed by atoms with Gasteiger partial charge in [0.1, 0.15) is 5.82 Å². The van der Waals surface area contributed by atoms with E-state index >= 15 is 0 Å². The number of ketones is 1. The van der Waals surface area contributed by atoms with Gasteiger partial charge in [0.05, 0.1) is 11.3 Å². The lowest BCUT2D eigenvalue weighted by atomic mass is 9.76. The average Bonchev–Trinajstić information content (AvgIpc) is 3.56. The van der Waals surface area contributed by atoms with Crippen molar-refractivity contribution < 1.29 is 17.6 Å². The molecule has 0 radical (unpaired) electrons. The van der Waals surface area contributed by atoms with Crippen LogP contribution in [0, 0.1) is 18.7 Å². The summed E-state index contributed by atoms with van der Waals surface area (Å²) in [4.78, 5) is 15.3. The number of aryl methyl sites for hydroxylation is 1. The number of sulfonamides is 1. The third-order valence-electron chi connectivity index (χ3n) is 7.55. The molecule has 0 atom stereocenters. The first-order valence-electron chi connectivity index (χ1n) is 11.8. The molecular weight excluding hydrogens is 415 g/mol. The van der Waals surface area contributed by atoms with Gasteiger partial charge in [-0.25, -0.2) is 12.8 Å². The van der Waals surface area contributed by atoms with E-state index in [1.54, 1.807) is 23.4 Å². The van der Waals surface area contributed by atoms with Crippen LogP contribution in [0.4, 0.5) is 4.39 Å². The largest absolute Gasteiger partial charge is 0.295 e. The molecule has 0 bridgehead atoms. The van der Waals surface area contributed by atoms with Crippen LogP contribution in [0.5, 0.6) is 0 Å². The van der Waals surface area contributed by atoms with Gasteiger partial charge in [0, 0.05) is 38.1 Å². The van der Waals surface area contributed by atoms with Crippen molar-refractivity contribution in [1.82, 2.24) is 9.21 Å². The first kappa shape index (κ1) is 22.9. The maximum atomic E-state index is 14.3. The lowest BCUT2D eigenvalue weighted by Gasteiger charge is -2.50. The van der Waals surface area contributed by atoms with Crippen LogP contribution in [0.2, 0.25) is 0 Å². The van der Waals surface area contributed by atoms with Gasteiger partial charge in [-0.2, -0.15) is 4.31 Å². The van der Waals surface area contributed by atoms with Crippen molar-refractivity contribution in [1.29, 1.82) is 0 Å². The summed E-state index contributed by atoms with van der Waals surface area (Å²) in [5.41, 5.74) is 0.848. The molecule has 5 nitrogen and oxygen atoms in total. The zero-order chi connectivity index (χ0) is 22.1. The Bertz CT molecular complexity index is 879. The predicted molar refractivity (Wildman–Crippen MR) is 120 cm³/mol. The first-order chi connectivity index (χ1) is 14.8. The molecule has 3 aliphatic rings. The molecule has 0 spiro atoms. The summed E-state index contributed by atoms with van der Waals surface area (Å²) in [6.07, 6.45) is 8.67. The summed E-state index contributed by atoms with van der Waals surface area (Å²) in [7, 11) is -3.15. The summed E-state index contributed by atoms with van der Waals surface area (Å²) >= 11 is 0. The Morgan fingerprint density at radius 3 is 2.39 bits per heavy atom.